The van der Waals surface area contributed by atoms with Crippen LogP contribution in [0.1, 0.15) is 17.1 Å². The van der Waals surface area contributed by atoms with Gasteiger partial charge in [0.2, 0.25) is 0 Å². The first-order valence-electron chi connectivity index (χ1n) is 5.85. The fourth-order valence-electron chi connectivity index (χ4n) is 1.71. The van der Waals surface area contributed by atoms with Gasteiger partial charge >= 0.3 is 0 Å². The zero-order valence-electron chi connectivity index (χ0n) is 10.9. The van der Waals surface area contributed by atoms with E-state index in [1.54, 1.807) is 13.3 Å². The predicted molar refractivity (Wildman–Crippen MR) is 77.0 cm³/mol. The number of nitrogens with zero attached hydrogens (tertiary/aromatic N) is 3. The molecule has 0 fully saturated rings. The van der Waals surface area contributed by atoms with Gasteiger partial charge < -0.3 is 10.1 Å². The van der Waals surface area contributed by atoms with Crippen LogP contribution in [0.25, 0.3) is 0 Å². The van der Waals surface area contributed by atoms with E-state index in [1.165, 1.54) is 0 Å². The number of pyridine rings is 1. The molecule has 0 spiro atoms. The molecule has 0 aliphatic carbocycles. The molecule has 0 saturated heterocycles. The first-order valence-corrected chi connectivity index (χ1v) is 6.64. The van der Waals surface area contributed by atoms with Crippen LogP contribution >= 0.6 is 15.9 Å². The summed E-state index contributed by atoms with van der Waals surface area (Å²) in [5.41, 5.74) is 1.91. The topological polar surface area (TPSA) is 59.9 Å². The fourth-order valence-corrected chi connectivity index (χ4v) is 2.20. The molecule has 0 saturated carbocycles. The highest BCUT2D eigenvalue weighted by atomic mass is 79.9. The number of methoxy groups -OCH3 is 1. The molecule has 100 valence electrons. The molecule has 0 aliphatic heterocycles. The highest BCUT2D eigenvalue weighted by Gasteiger charge is 2.11. The van der Waals surface area contributed by atoms with Gasteiger partial charge in [0.1, 0.15) is 11.6 Å². The molecule has 5 nitrogen and oxygen atoms in total. The number of aromatic nitrogens is 3. The molecule has 0 unspecified atom stereocenters. The maximum absolute atomic E-state index is 5.15. The first kappa shape index (κ1) is 13.9. The Balaban J connectivity index is 2.32. The van der Waals surface area contributed by atoms with Gasteiger partial charge in [-0.15, -0.1) is 0 Å². The summed E-state index contributed by atoms with van der Waals surface area (Å²) in [6.45, 7) is 0.442. The Morgan fingerprint density at radius 1 is 1.37 bits per heavy atom. The summed E-state index contributed by atoms with van der Waals surface area (Å²) in [7, 11) is 3.48. The molecule has 6 heteroatoms. The molecular weight excluding hydrogens is 308 g/mol. The minimum Gasteiger partial charge on any atom is -0.378 e. The van der Waals surface area contributed by atoms with E-state index in [0.717, 1.165) is 27.4 Å². The summed E-state index contributed by atoms with van der Waals surface area (Å²) in [6, 6.07) is 3.91. The SMILES string of the molecule is CNc1nc(Cc2cccnc2)nc(COC)c1Br. The minimum absolute atomic E-state index is 0.442. The van der Waals surface area contributed by atoms with E-state index in [9.17, 15) is 0 Å². The smallest absolute Gasteiger partial charge is 0.144 e. The quantitative estimate of drug-likeness (QED) is 0.916. The number of ether oxygens (including phenoxy) is 1. The lowest BCUT2D eigenvalue weighted by atomic mass is 10.2. The van der Waals surface area contributed by atoms with Crippen LogP contribution in [0.15, 0.2) is 29.0 Å². The Morgan fingerprint density at radius 3 is 2.84 bits per heavy atom. The molecule has 0 aromatic carbocycles. The first-order chi connectivity index (χ1) is 9.24. The molecule has 19 heavy (non-hydrogen) atoms. The van der Waals surface area contributed by atoms with E-state index in [-0.39, 0.29) is 0 Å². The van der Waals surface area contributed by atoms with Crippen molar-refractivity contribution in [2.45, 2.75) is 13.0 Å². The van der Waals surface area contributed by atoms with E-state index in [0.29, 0.717) is 13.0 Å². The second-order valence-corrected chi connectivity index (χ2v) is 4.76. The summed E-state index contributed by atoms with van der Waals surface area (Å²) < 4.78 is 5.99. The third-order valence-electron chi connectivity index (χ3n) is 2.57. The van der Waals surface area contributed by atoms with Gasteiger partial charge in [-0.25, -0.2) is 9.97 Å². The zero-order valence-corrected chi connectivity index (χ0v) is 12.4. The summed E-state index contributed by atoms with van der Waals surface area (Å²) in [5.74, 6) is 1.51. The molecular formula is C13H15BrN4O. The van der Waals surface area contributed by atoms with Crippen LogP contribution < -0.4 is 5.32 Å². The minimum atomic E-state index is 0.442. The van der Waals surface area contributed by atoms with Crippen molar-refractivity contribution < 1.29 is 4.74 Å². The monoisotopic (exact) mass is 322 g/mol. The number of anilines is 1. The molecule has 2 heterocycles. The molecule has 2 aromatic rings. The second-order valence-electron chi connectivity index (χ2n) is 3.97. The van der Waals surface area contributed by atoms with Crippen molar-refractivity contribution in [1.29, 1.82) is 0 Å². The Bertz CT molecular complexity index is 548. The molecule has 0 atom stereocenters. The van der Waals surface area contributed by atoms with Gasteiger partial charge in [0.05, 0.1) is 16.8 Å². The van der Waals surface area contributed by atoms with Crippen LogP contribution in [-0.2, 0) is 17.8 Å². The highest BCUT2D eigenvalue weighted by molar-refractivity contribution is 9.10. The van der Waals surface area contributed by atoms with Gasteiger partial charge in [0, 0.05) is 33.0 Å². The molecule has 0 bridgehead atoms. The third kappa shape index (κ3) is 3.48. The summed E-state index contributed by atoms with van der Waals surface area (Å²) in [4.78, 5) is 13.1. The Labute approximate surface area is 120 Å². The van der Waals surface area contributed by atoms with Crippen LogP contribution in [0.2, 0.25) is 0 Å². The summed E-state index contributed by atoms with van der Waals surface area (Å²) in [5, 5.41) is 3.05. The second kappa shape index (κ2) is 6.58. The van der Waals surface area contributed by atoms with Crippen LogP contribution in [0.3, 0.4) is 0 Å². The average molecular weight is 323 g/mol. The molecule has 2 aromatic heterocycles. The van der Waals surface area contributed by atoms with Gasteiger partial charge in [-0.05, 0) is 27.6 Å². The van der Waals surface area contributed by atoms with Crippen LogP contribution in [0.5, 0.6) is 0 Å². The number of halogens is 1. The largest absolute Gasteiger partial charge is 0.378 e. The molecule has 0 aliphatic rings. The number of hydrogen-bond acceptors (Lipinski definition) is 5. The lowest BCUT2D eigenvalue weighted by Gasteiger charge is -2.10. The standard InChI is InChI=1S/C13H15BrN4O/c1-15-13-12(14)10(8-19-2)17-11(18-13)6-9-4-3-5-16-7-9/h3-5,7H,6,8H2,1-2H3,(H,15,17,18). The van der Waals surface area contributed by atoms with Gasteiger partial charge in [-0.2, -0.15) is 0 Å². The molecule has 1 N–H and O–H groups in total. The van der Waals surface area contributed by atoms with Gasteiger partial charge in [-0.3, -0.25) is 4.98 Å². The van der Waals surface area contributed by atoms with Crippen LogP contribution in [0, 0.1) is 0 Å². The Kier molecular flexibility index (Phi) is 4.81. The van der Waals surface area contributed by atoms with E-state index in [4.69, 9.17) is 4.74 Å². The third-order valence-corrected chi connectivity index (χ3v) is 3.40. The number of nitrogens with one attached hydrogen (secondary N) is 1. The number of hydrogen-bond donors (Lipinski definition) is 1. The van der Waals surface area contributed by atoms with Crippen molar-refractivity contribution in [3.05, 3.63) is 46.1 Å². The lowest BCUT2D eigenvalue weighted by Crippen LogP contribution is -2.07. The lowest BCUT2D eigenvalue weighted by molar-refractivity contribution is 0.180. The van der Waals surface area contributed by atoms with E-state index in [2.05, 4.69) is 36.2 Å². The van der Waals surface area contributed by atoms with Crippen molar-refractivity contribution in [3.63, 3.8) is 0 Å². The fraction of sp³-hybridized carbons (Fsp3) is 0.308. The van der Waals surface area contributed by atoms with E-state index < -0.39 is 0 Å². The van der Waals surface area contributed by atoms with Crippen molar-refractivity contribution >= 4 is 21.7 Å². The van der Waals surface area contributed by atoms with Crippen molar-refractivity contribution in [3.8, 4) is 0 Å². The highest BCUT2D eigenvalue weighted by Crippen LogP contribution is 2.24. The normalized spacial score (nSPS) is 10.5. The maximum atomic E-state index is 5.15. The van der Waals surface area contributed by atoms with Gasteiger partial charge in [0.25, 0.3) is 0 Å². The van der Waals surface area contributed by atoms with E-state index in [1.807, 2.05) is 25.4 Å². The van der Waals surface area contributed by atoms with Gasteiger partial charge in [-0.1, -0.05) is 6.07 Å². The van der Waals surface area contributed by atoms with Gasteiger partial charge in [0.15, 0.2) is 0 Å². The number of rotatable bonds is 5. The Morgan fingerprint density at radius 2 is 2.21 bits per heavy atom. The Hall–Kier alpha value is -1.53. The molecule has 0 radical (unpaired) electrons. The summed E-state index contributed by atoms with van der Waals surface area (Å²) in [6.07, 6.45) is 4.22. The van der Waals surface area contributed by atoms with E-state index >= 15 is 0 Å². The predicted octanol–water partition coefficient (Wildman–Crippen LogP) is 2.41. The van der Waals surface area contributed by atoms with Crippen molar-refractivity contribution in [2.24, 2.45) is 0 Å². The zero-order chi connectivity index (χ0) is 13.7. The van der Waals surface area contributed by atoms with Crippen LogP contribution in [-0.4, -0.2) is 29.1 Å². The van der Waals surface area contributed by atoms with Crippen molar-refractivity contribution in [1.82, 2.24) is 15.0 Å². The average Bonchev–Trinajstić information content (AvgIpc) is 2.43. The summed E-state index contributed by atoms with van der Waals surface area (Å²) >= 11 is 3.48. The molecule has 0 amide bonds. The van der Waals surface area contributed by atoms with Crippen molar-refractivity contribution in [2.75, 3.05) is 19.5 Å². The molecule has 2 rings (SSSR count). The van der Waals surface area contributed by atoms with Crippen LogP contribution in [0.4, 0.5) is 5.82 Å². The maximum Gasteiger partial charge on any atom is 0.144 e.